The molecule has 0 aliphatic heterocycles. The van der Waals surface area contributed by atoms with E-state index in [2.05, 4.69) is 34.6 Å². The molecule has 0 aliphatic rings. The van der Waals surface area contributed by atoms with Crippen molar-refractivity contribution in [2.75, 3.05) is 0 Å². The number of carbonyl (C=O) groups is 2. The van der Waals surface area contributed by atoms with Crippen molar-refractivity contribution in [3.8, 4) is 0 Å². The molecule has 0 amide bonds. The van der Waals surface area contributed by atoms with Crippen LogP contribution in [0.2, 0.25) is 0 Å². The Morgan fingerprint density at radius 2 is 0.825 bits per heavy atom. The average Bonchev–Trinajstić information content (AvgIpc) is 2.94. The number of hydrogen-bond donors (Lipinski definition) is 2. The van der Waals surface area contributed by atoms with Crippen molar-refractivity contribution in [2.24, 2.45) is 23.2 Å². The fourth-order valence-corrected chi connectivity index (χ4v) is 6.81. The molecule has 0 heterocycles. The van der Waals surface area contributed by atoms with Crippen molar-refractivity contribution >= 4 is 11.9 Å². The van der Waals surface area contributed by atoms with E-state index >= 15 is 0 Å². The van der Waals surface area contributed by atoms with Crippen LogP contribution in [0.4, 0.5) is 0 Å². The molecule has 0 fully saturated rings. The first-order valence-electron chi connectivity index (χ1n) is 17.7. The Morgan fingerprint density at radius 3 is 1.12 bits per heavy atom. The molecule has 3 atom stereocenters. The number of rotatable bonds is 30. The maximum atomic E-state index is 13.1. The molecule has 0 aromatic rings. The fraction of sp³-hybridized carbons (Fsp3) is 0.944. The second kappa shape index (κ2) is 25.6. The molecule has 40 heavy (non-hydrogen) atoms. The minimum Gasteiger partial charge on any atom is -0.481 e. The number of carboxylic acid groups (broad SMARTS) is 2. The maximum absolute atomic E-state index is 13.1. The first kappa shape index (κ1) is 38.9. The zero-order valence-electron chi connectivity index (χ0n) is 27.6. The van der Waals surface area contributed by atoms with E-state index < -0.39 is 17.4 Å². The van der Waals surface area contributed by atoms with E-state index in [1.165, 1.54) is 103 Å². The van der Waals surface area contributed by atoms with Gasteiger partial charge in [-0.2, -0.15) is 0 Å². The van der Waals surface area contributed by atoms with Gasteiger partial charge in [-0.15, -0.1) is 0 Å². The minimum atomic E-state index is -0.674. The van der Waals surface area contributed by atoms with Crippen LogP contribution in [-0.4, -0.2) is 22.2 Å². The first-order valence-corrected chi connectivity index (χ1v) is 17.7. The lowest BCUT2D eigenvalue weighted by molar-refractivity contribution is -0.153. The van der Waals surface area contributed by atoms with Crippen LogP contribution in [0.15, 0.2) is 0 Å². The molecule has 0 saturated heterocycles. The topological polar surface area (TPSA) is 74.6 Å². The van der Waals surface area contributed by atoms with Gasteiger partial charge in [-0.1, -0.05) is 163 Å². The van der Waals surface area contributed by atoms with E-state index in [-0.39, 0.29) is 0 Å². The molecule has 4 nitrogen and oxygen atoms in total. The van der Waals surface area contributed by atoms with E-state index in [4.69, 9.17) is 5.11 Å². The predicted molar refractivity (Wildman–Crippen MR) is 172 cm³/mol. The summed E-state index contributed by atoms with van der Waals surface area (Å²) in [6, 6.07) is 0. The smallest absolute Gasteiger partial charge is 0.309 e. The lowest BCUT2D eigenvalue weighted by atomic mass is 9.65. The molecule has 0 spiro atoms. The van der Waals surface area contributed by atoms with Gasteiger partial charge < -0.3 is 10.2 Å². The molecular weight excluding hydrogens is 496 g/mol. The Labute approximate surface area is 249 Å². The molecule has 0 aliphatic carbocycles. The SMILES string of the molecule is CCCCC(CC)CC(CC(CC)CCCC)(CC(CC)CCCCCCCCCCCCCC(=O)O)C(=O)O. The van der Waals surface area contributed by atoms with Crippen LogP contribution in [0.5, 0.6) is 0 Å². The molecule has 4 heteroatoms. The summed E-state index contributed by atoms with van der Waals surface area (Å²) in [7, 11) is 0. The summed E-state index contributed by atoms with van der Waals surface area (Å²) < 4.78 is 0. The Bertz CT molecular complexity index is 584. The van der Waals surface area contributed by atoms with E-state index in [9.17, 15) is 14.7 Å². The minimum absolute atomic E-state index is 0.312. The van der Waals surface area contributed by atoms with Gasteiger partial charge in [0.05, 0.1) is 5.41 Å². The number of hydrogen-bond acceptors (Lipinski definition) is 2. The van der Waals surface area contributed by atoms with Gasteiger partial charge in [0.1, 0.15) is 0 Å². The molecule has 238 valence electrons. The van der Waals surface area contributed by atoms with Crippen molar-refractivity contribution in [3.63, 3.8) is 0 Å². The number of unbranched alkanes of at least 4 members (excludes halogenated alkanes) is 12. The van der Waals surface area contributed by atoms with Gasteiger partial charge in [0.15, 0.2) is 0 Å². The number of aliphatic carboxylic acids is 2. The monoisotopic (exact) mass is 567 g/mol. The van der Waals surface area contributed by atoms with Gasteiger partial charge in [-0.25, -0.2) is 0 Å². The largest absolute Gasteiger partial charge is 0.481 e. The summed E-state index contributed by atoms with van der Waals surface area (Å²) >= 11 is 0. The summed E-state index contributed by atoms with van der Waals surface area (Å²) in [5, 5.41) is 19.5. The molecule has 0 saturated carbocycles. The van der Waals surface area contributed by atoms with Crippen molar-refractivity contribution < 1.29 is 19.8 Å². The van der Waals surface area contributed by atoms with E-state index in [0.29, 0.717) is 24.2 Å². The molecule has 0 bridgehead atoms. The summed E-state index contributed by atoms with van der Waals surface area (Å²) in [5.41, 5.74) is -0.558. The molecule has 0 aromatic carbocycles. The maximum Gasteiger partial charge on any atom is 0.309 e. The van der Waals surface area contributed by atoms with Crippen molar-refractivity contribution in [1.82, 2.24) is 0 Å². The third kappa shape index (κ3) is 19.1. The second-order valence-electron chi connectivity index (χ2n) is 13.1. The highest BCUT2D eigenvalue weighted by Crippen LogP contribution is 2.45. The zero-order valence-corrected chi connectivity index (χ0v) is 27.6. The third-order valence-electron chi connectivity index (χ3n) is 9.66. The van der Waals surface area contributed by atoms with Crippen LogP contribution >= 0.6 is 0 Å². The first-order chi connectivity index (χ1) is 19.3. The Balaban J connectivity index is 4.80. The predicted octanol–water partition coefficient (Wildman–Crippen LogP) is 11.8. The fourth-order valence-electron chi connectivity index (χ4n) is 6.81. The van der Waals surface area contributed by atoms with E-state index in [1.807, 2.05) is 0 Å². The highest BCUT2D eigenvalue weighted by molar-refractivity contribution is 5.74. The normalized spacial score (nSPS) is 15.4. The second-order valence-corrected chi connectivity index (χ2v) is 13.1. The average molecular weight is 567 g/mol. The molecule has 2 N–H and O–H groups in total. The lowest BCUT2D eigenvalue weighted by Crippen LogP contribution is -2.37. The summed E-state index contributed by atoms with van der Waals surface area (Å²) in [4.78, 5) is 23.7. The van der Waals surface area contributed by atoms with Crippen LogP contribution in [0.1, 0.15) is 195 Å². The molecule has 0 aromatic heterocycles. The highest BCUT2D eigenvalue weighted by atomic mass is 16.4. The zero-order chi connectivity index (χ0) is 30.1. The van der Waals surface area contributed by atoms with Crippen LogP contribution in [0.3, 0.4) is 0 Å². The van der Waals surface area contributed by atoms with Gasteiger partial charge in [0.2, 0.25) is 0 Å². The number of carboxylic acids is 2. The Kier molecular flexibility index (Phi) is 25.0. The van der Waals surface area contributed by atoms with Gasteiger partial charge in [0, 0.05) is 6.42 Å². The van der Waals surface area contributed by atoms with Gasteiger partial charge >= 0.3 is 11.9 Å². The quantitative estimate of drug-likeness (QED) is 0.0848. The summed E-state index contributed by atoms with van der Waals surface area (Å²) in [6.45, 7) is 11.3. The third-order valence-corrected chi connectivity index (χ3v) is 9.66. The van der Waals surface area contributed by atoms with Crippen molar-refractivity contribution in [3.05, 3.63) is 0 Å². The molecule has 0 rings (SSSR count). The molecular formula is C36H70O4. The Morgan fingerprint density at radius 1 is 0.500 bits per heavy atom. The lowest BCUT2D eigenvalue weighted by Gasteiger charge is -2.38. The van der Waals surface area contributed by atoms with Gasteiger partial charge in [-0.05, 0) is 43.4 Å². The van der Waals surface area contributed by atoms with Crippen LogP contribution < -0.4 is 0 Å². The van der Waals surface area contributed by atoms with Crippen LogP contribution in [0, 0.1) is 23.2 Å². The van der Waals surface area contributed by atoms with E-state index in [1.54, 1.807) is 0 Å². The van der Waals surface area contributed by atoms with Gasteiger partial charge in [-0.3, -0.25) is 9.59 Å². The van der Waals surface area contributed by atoms with Crippen LogP contribution in [0.25, 0.3) is 0 Å². The van der Waals surface area contributed by atoms with E-state index in [0.717, 1.165) is 51.4 Å². The summed E-state index contributed by atoms with van der Waals surface area (Å²) in [6.07, 6.45) is 27.8. The standard InChI is InChI=1S/C36H70O4/c1-6-11-24-31(8-3)28-36(35(39)40,29-32(9-4)25-12-7-2)30-33(10-5)26-22-20-18-16-14-13-15-17-19-21-23-27-34(37)38/h31-33H,6-30H2,1-5H3,(H,37,38)(H,39,40). The van der Waals surface area contributed by atoms with Crippen molar-refractivity contribution in [2.45, 2.75) is 195 Å². The molecule has 3 unspecified atom stereocenters. The van der Waals surface area contributed by atoms with Crippen molar-refractivity contribution in [1.29, 1.82) is 0 Å². The molecule has 0 radical (unpaired) electrons. The highest BCUT2D eigenvalue weighted by Gasteiger charge is 2.42. The summed E-state index contributed by atoms with van der Waals surface area (Å²) in [5.74, 6) is 0.387. The van der Waals surface area contributed by atoms with Gasteiger partial charge in [0.25, 0.3) is 0 Å². The Hall–Kier alpha value is -1.06. The van der Waals surface area contributed by atoms with Crippen LogP contribution in [-0.2, 0) is 9.59 Å².